The highest BCUT2D eigenvalue weighted by molar-refractivity contribution is 5.37. The van der Waals surface area contributed by atoms with Crippen molar-refractivity contribution < 1.29 is 5.11 Å². The second-order valence-corrected chi connectivity index (χ2v) is 2.35. The fraction of sp³-hybridized carbons (Fsp3) is 0.429. The van der Waals surface area contributed by atoms with Gasteiger partial charge < -0.3 is 10.1 Å². The number of aromatic hydroxyl groups is 1. The molecule has 0 aliphatic carbocycles. The molecule has 2 N–H and O–H groups in total. The number of rotatable bonds is 0. The predicted octanol–water partition coefficient (Wildman–Crippen LogP) is 1.65. The van der Waals surface area contributed by atoms with Crippen LogP contribution in [0.4, 0.5) is 0 Å². The second-order valence-electron chi connectivity index (χ2n) is 2.35. The van der Waals surface area contributed by atoms with E-state index in [4.69, 9.17) is 5.11 Å². The van der Waals surface area contributed by atoms with Crippen molar-refractivity contribution in [1.29, 1.82) is 0 Å². The first-order chi connectivity index (χ1) is 4.13. The van der Waals surface area contributed by atoms with Gasteiger partial charge in [0, 0.05) is 11.3 Å². The number of aromatic nitrogens is 1. The van der Waals surface area contributed by atoms with Crippen LogP contribution >= 0.6 is 0 Å². The largest absolute Gasteiger partial charge is 0.494 e. The van der Waals surface area contributed by atoms with Crippen molar-refractivity contribution in [2.75, 3.05) is 0 Å². The molecule has 0 saturated carbocycles. The smallest absolute Gasteiger partial charge is 0.191 e. The van der Waals surface area contributed by atoms with Gasteiger partial charge in [0.1, 0.15) is 0 Å². The maximum atomic E-state index is 9.07. The van der Waals surface area contributed by atoms with E-state index in [9.17, 15) is 0 Å². The van der Waals surface area contributed by atoms with E-state index >= 15 is 0 Å². The predicted molar refractivity (Wildman–Crippen MR) is 36.7 cm³/mol. The third-order valence-corrected chi connectivity index (χ3v) is 1.79. The lowest BCUT2D eigenvalue weighted by Gasteiger charge is -1.87. The minimum absolute atomic E-state index is 0.296. The molecule has 0 aromatic carbocycles. The first kappa shape index (κ1) is 6.20. The molecule has 1 aromatic rings. The summed E-state index contributed by atoms with van der Waals surface area (Å²) >= 11 is 0. The standard InChI is InChI=1S/C7H11NO/c1-4-5(2)7(9)8-6(4)3/h8-9H,1-3H3. The minimum Gasteiger partial charge on any atom is -0.494 e. The number of hydrogen-bond acceptors (Lipinski definition) is 1. The first-order valence-electron chi connectivity index (χ1n) is 2.97. The van der Waals surface area contributed by atoms with E-state index in [2.05, 4.69) is 4.98 Å². The topological polar surface area (TPSA) is 36.0 Å². The van der Waals surface area contributed by atoms with Crippen LogP contribution in [-0.2, 0) is 0 Å². The summed E-state index contributed by atoms with van der Waals surface area (Å²) in [4.78, 5) is 2.83. The highest BCUT2D eigenvalue weighted by Gasteiger charge is 2.03. The van der Waals surface area contributed by atoms with Gasteiger partial charge in [-0.1, -0.05) is 0 Å². The molecule has 0 spiro atoms. The fourth-order valence-corrected chi connectivity index (χ4v) is 0.824. The normalized spacial score (nSPS) is 10.1. The summed E-state index contributed by atoms with van der Waals surface area (Å²) < 4.78 is 0. The molecular weight excluding hydrogens is 114 g/mol. The molecule has 2 heteroatoms. The van der Waals surface area contributed by atoms with Crippen LogP contribution in [0.3, 0.4) is 0 Å². The van der Waals surface area contributed by atoms with Crippen molar-refractivity contribution >= 4 is 0 Å². The molecule has 1 heterocycles. The highest BCUT2D eigenvalue weighted by Crippen LogP contribution is 2.20. The molecule has 0 radical (unpaired) electrons. The highest BCUT2D eigenvalue weighted by atomic mass is 16.3. The van der Waals surface area contributed by atoms with Crippen molar-refractivity contribution in [3.63, 3.8) is 0 Å². The Balaban J connectivity index is 3.29. The lowest BCUT2D eigenvalue weighted by Crippen LogP contribution is -1.73. The van der Waals surface area contributed by atoms with Crippen molar-refractivity contribution in [1.82, 2.24) is 4.98 Å². The van der Waals surface area contributed by atoms with Gasteiger partial charge >= 0.3 is 0 Å². The van der Waals surface area contributed by atoms with Gasteiger partial charge in [0.2, 0.25) is 0 Å². The van der Waals surface area contributed by atoms with Crippen LogP contribution in [0.1, 0.15) is 16.8 Å². The molecule has 9 heavy (non-hydrogen) atoms. The molecule has 50 valence electrons. The quantitative estimate of drug-likeness (QED) is 0.543. The summed E-state index contributed by atoms with van der Waals surface area (Å²) in [5.41, 5.74) is 3.14. The number of nitrogens with one attached hydrogen (secondary N) is 1. The number of aryl methyl sites for hydroxylation is 1. The van der Waals surface area contributed by atoms with Crippen LogP contribution in [0.5, 0.6) is 5.88 Å². The van der Waals surface area contributed by atoms with E-state index in [1.54, 1.807) is 0 Å². The Morgan fingerprint density at radius 1 is 1.11 bits per heavy atom. The molecule has 1 aromatic heterocycles. The lowest BCUT2D eigenvalue weighted by molar-refractivity contribution is 0.452. The van der Waals surface area contributed by atoms with E-state index in [-0.39, 0.29) is 0 Å². The SMILES string of the molecule is Cc1[nH]c(O)c(C)c1C. The molecule has 0 saturated heterocycles. The summed E-state index contributed by atoms with van der Waals surface area (Å²) in [6.07, 6.45) is 0. The van der Waals surface area contributed by atoms with Crippen LogP contribution in [0.25, 0.3) is 0 Å². The van der Waals surface area contributed by atoms with E-state index < -0.39 is 0 Å². The summed E-state index contributed by atoms with van der Waals surface area (Å²) in [6, 6.07) is 0. The molecule has 0 atom stereocenters. The zero-order valence-electron chi connectivity index (χ0n) is 5.95. The van der Waals surface area contributed by atoms with Gasteiger partial charge in [-0.25, -0.2) is 0 Å². The van der Waals surface area contributed by atoms with E-state index in [0.29, 0.717) is 5.88 Å². The molecule has 0 fully saturated rings. The Morgan fingerprint density at radius 3 is 1.78 bits per heavy atom. The van der Waals surface area contributed by atoms with Crippen LogP contribution in [0.15, 0.2) is 0 Å². The van der Waals surface area contributed by atoms with Gasteiger partial charge in [-0.15, -0.1) is 0 Å². The minimum atomic E-state index is 0.296. The Hall–Kier alpha value is -0.920. The van der Waals surface area contributed by atoms with E-state index in [0.717, 1.165) is 16.8 Å². The molecule has 2 nitrogen and oxygen atoms in total. The first-order valence-corrected chi connectivity index (χ1v) is 2.97. The van der Waals surface area contributed by atoms with Crippen molar-refractivity contribution in [2.24, 2.45) is 0 Å². The summed E-state index contributed by atoms with van der Waals surface area (Å²) in [5, 5.41) is 9.07. The molecular formula is C7H11NO. The zero-order valence-corrected chi connectivity index (χ0v) is 5.95. The Kier molecular flexibility index (Phi) is 1.24. The summed E-state index contributed by atoms with van der Waals surface area (Å²) in [5.74, 6) is 0.296. The average molecular weight is 125 g/mol. The van der Waals surface area contributed by atoms with Crippen molar-refractivity contribution in [2.45, 2.75) is 20.8 Å². The average Bonchev–Trinajstić information content (AvgIpc) is 1.98. The maximum Gasteiger partial charge on any atom is 0.191 e. The monoisotopic (exact) mass is 125 g/mol. The molecule has 0 aliphatic heterocycles. The molecule has 0 bridgehead atoms. The maximum absolute atomic E-state index is 9.07. The van der Waals surface area contributed by atoms with Crippen LogP contribution < -0.4 is 0 Å². The number of aromatic amines is 1. The van der Waals surface area contributed by atoms with Gasteiger partial charge in [0.05, 0.1) is 0 Å². The van der Waals surface area contributed by atoms with Gasteiger partial charge in [0.25, 0.3) is 0 Å². The van der Waals surface area contributed by atoms with Crippen molar-refractivity contribution in [3.8, 4) is 5.88 Å². The number of H-pyrrole nitrogens is 1. The second kappa shape index (κ2) is 1.79. The Morgan fingerprint density at radius 2 is 1.67 bits per heavy atom. The molecule has 1 rings (SSSR count). The van der Waals surface area contributed by atoms with Gasteiger partial charge in [-0.2, -0.15) is 0 Å². The van der Waals surface area contributed by atoms with Gasteiger partial charge in [0.15, 0.2) is 5.88 Å². The Labute approximate surface area is 54.5 Å². The third-order valence-electron chi connectivity index (χ3n) is 1.79. The van der Waals surface area contributed by atoms with Crippen LogP contribution in [0, 0.1) is 20.8 Å². The molecule has 0 amide bonds. The molecule has 0 aliphatic rings. The van der Waals surface area contributed by atoms with Gasteiger partial charge in [-0.05, 0) is 26.3 Å². The van der Waals surface area contributed by atoms with E-state index in [1.165, 1.54) is 0 Å². The zero-order chi connectivity index (χ0) is 7.02. The van der Waals surface area contributed by atoms with Crippen molar-refractivity contribution in [3.05, 3.63) is 16.8 Å². The molecule has 0 unspecified atom stereocenters. The Bertz CT molecular complexity index is 203. The van der Waals surface area contributed by atoms with Crippen LogP contribution in [-0.4, -0.2) is 10.1 Å². The summed E-state index contributed by atoms with van der Waals surface area (Å²) in [6.45, 7) is 5.83. The third kappa shape index (κ3) is 0.803. The van der Waals surface area contributed by atoms with Crippen LogP contribution in [0.2, 0.25) is 0 Å². The number of hydrogen-bond donors (Lipinski definition) is 2. The summed E-state index contributed by atoms with van der Waals surface area (Å²) in [7, 11) is 0. The van der Waals surface area contributed by atoms with Gasteiger partial charge in [-0.3, -0.25) is 0 Å². The lowest BCUT2D eigenvalue weighted by atomic mass is 10.2. The fourth-order valence-electron chi connectivity index (χ4n) is 0.824. The van der Waals surface area contributed by atoms with E-state index in [1.807, 2.05) is 20.8 Å².